The first-order valence-corrected chi connectivity index (χ1v) is 12.6. The lowest BCUT2D eigenvalue weighted by molar-refractivity contribution is 0.0726. The Morgan fingerprint density at radius 1 is 1.17 bits per heavy atom. The van der Waals surface area contributed by atoms with Gasteiger partial charge in [0.15, 0.2) is 0 Å². The van der Waals surface area contributed by atoms with Crippen molar-refractivity contribution in [1.29, 1.82) is 0 Å². The summed E-state index contributed by atoms with van der Waals surface area (Å²) in [5.41, 5.74) is 3.49. The van der Waals surface area contributed by atoms with Gasteiger partial charge in [-0.2, -0.15) is 4.98 Å². The number of hydrogen-bond donors (Lipinski definition) is 1. The summed E-state index contributed by atoms with van der Waals surface area (Å²) in [6.07, 6.45) is 5.33. The molecule has 1 saturated heterocycles. The van der Waals surface area contributed by atoms with Crippen LogP contribution in [0.2, 0.25) is 0 Å². The molecule has 0 radical (unpaired) electrons. The molecule has 8 nitrogen and oxygen atoms in total. The minimum Gasteiger partial charge on any atom is -0.365 e. The quantitative estimate of drug-likeness (QED) is 0.557. The van der Waals surface area contributed by atoms with E-state index in [9.17, 15) is 4.79 Å². The summed E-state index contributed by atoms with van der Waals surface area (Å²) in [5, 5.41) is 4.65. The van der Waals surface area contributed by atoms with Gasteiger partial charge in [-0.15, -0.1) is 0 Å². The lowest BCUT2D eigenvalue weighted by atomic mass is 10.0. The van der Waals surface area contributed by atoms with E-state index in [4.69, 9.17) is 9.97 Å². The third-order valence-corrected chi connectivity index (χ3v) is 6.98. The van der Waals surface area contributed by atoms with Crippen molar-refractivity contribution >= 4 is 28.6 Å². The number of hydrogen-bond acceptors (Lipinski definition) is 7. The molecule has 0 aliphatic carbocycles. The maximum absolute atomic E-state index is 13.3. The van der Waals surface area contributed by atoms with E-state index in [1.807, 2.05) is 43.1 Å². The number of piperidine rings is 1. The van der Waals surface area contributed by atoms with Crippen molar-refractivity contribution in [3.63, 3.8) is 0 Å². The van der Waals surface area contributed by atoms with Gasteiger partial charge in [0.2, 0.25) is 5.95 Å². The van der Waals surface area contributed by atoms with Crippen molar-refractivity contribution in [2.75, 3.05) is 37.4 Å². The van der Waals surface area contributed by atoms with Crippen LogP contribution in [0, 0.1) is 0 Å². The number of anilines is 2. The third kappa shape index (κ3) is 4.80. The molecule has 0 saturated carbocycles. The van der Waals surface area contributed by atoms with E-state index in [-0.39, 0.29) is 11.9 Å². The fraction of sp³-hybridized carbons (Fsp3) is 0.481. The minimum absolute atomic E-state index is 0.00441. The molecule has 0 spiro atoms. The predicted octanol–water partition coefficient (Wildman–Crippen LogP) is 3.92. The maximum Gasteiger partial charge on any atom is 0.273 e. The molecule has 1 N–H and O–H groups in total. The Hall–Kier alpha value is -3.26. The SMILES string of the molecule is CC(C)N1Cc2c(NCc3cnc4ccccc4c3)nc(N3CCCCC3CN(C)C)nc2C1=O. The van der Waals surface area contributed by atoms with Crippen LogP contribution in [0.3, 0.4) is 0 Å². The molecule has 1 unspecified atom stereocenters. The van der Waals surface area contributed by atoms with E-state index >= 15 is 0 Å². The molecule has 4 heterocycles. The number of carbonyl (C=O) groups is 1. The summed E-state index contributed by atoms with van der Waals surface area (Å²) in [7, 11) is 4.20. The summed E-state index contributed by atoms with van der Waals surface area (Å²) in [6.45, 7) is 7.06. The topological polar surface area (TPSA) is 77.5 Å². The molecule has 1 aromatic carbocycles. The first-order valence-electron chi connectivity index (χ1n) is 12.6. The fourth-order valence-corrected chi connectivity index (χ4v) is 5.14. The van der Waals surface area contributed by atoms with Crippen molar-refractivity contribution in [2.45, 2.75) is 58.3 Å². The van der Waals surface area contributed by atoms with Gasteiger partial charge in [0, 0.05) is 48.9 Å². The normalized spacial score (nSPS) is 18.1. The van der Waals surface area contributed by atoms with Gasteiger partial charge in [0.1, 0.15) is 11.5 Å². The highest BCUT2D eigenvalue weighted by Gasteiger charge is 2.36. The number of nitrogens with zero attached hydrogens (tertiary/aromatic N) is 6. The smallest absolute Gasteiger partial charge is 0.273 e. The molecule has 3 aromatic rings. The molecule has 8 heteroatoms. The van der Waals surface area contributed by atoms with Gasteiger partial charge in [-0.25, -0.2) is 4.98 Å². The summed E-state index contributed by atoms with van der Waals surface area (Å²) in [5.74, 6) is 1.41. The Morgan fingerprint density at radius 2 is 2.00 bits per heavy atom. The van der Waals surface area contributed by atoms with Gasteiger partial charge < -0.3 is 20.0 Å². The average Bonchev–Trinajstić information content (AvgIpc) is 3.19. The van der Waals surface area contributed by atoms with Crippen LogP contribution in [0.4, 0.5) is 11.8 Å². The molecule has 2 aliphatic rings. The van der Waals surface area contributed by atoms with Crippen LogP contribution < -0.4 is 10.2 Å². The van der Waals surface area contributed by atoms with Crippen LogP contribution >= 0.6 is 0 Å². The van der Waals surface area contributed by atoms with Gasteiger partial charge in [-0.1, -0.05) is 18.2 Å². The Morgan fingerprint density at radius 3 is 2.80 bits per heavy atom. The molecule has 0 bridgehead atoms. The summed E-state index contributed by atoms with van der Waals surface area (Å²) in [4.78, 5) is 34.1. The van der Waals surface area contributed by atoms with E-state index in [0.717, 1.165) is 53.8 Å². The number of para-hydroxylation sites is 1. The molecule has 2 aromatic heterocycles. The lowest BCUT2D eigenvalue weighted by Crippen LogP contribution is -2.46. The van der Waals surface area contributed by atoms with Crippen molar-refractivity contribution in [3.8, 4) is 0 Å². The molecule has 1 atom stereocenters. The number of benzene rings is 1. The summed E-state index contributed by atoms with van der Waals surface area (Å²) >= 11 is 0. The largest absolute Gasteiger partial charge is 0.365 e. The van der Waals surface area contributed by atoms with Crippen molar-refractivity contribution < 1.29 is 4.79 Å². The van der Waals surface area contributed by atoms with E-state index in [0.29, 0.717) is 30.8 Å². The van der Waals surface area contributed by atoms with Crippen LogP contribution in [-0.4, -0.2) is 69.9 Å². The van der Waals surface area contributed by atoms with Crippen LogP contribution in [0.1, 0.15) is 54.7 Å². The zero-order chi connectivity index (χ0) is 24.5. The molecular formula is C27H35N7O. The number of aromatic nitrogens is 3. The van der Waals surface area contributed by atoms with Crippen LogP contribution in [0.25, 0.3) is 10.9 Å². The third-order valence-electron chi connectivity index (χ3n) is 6.98. The highest BCUT2D eigenvalue weighted by atomic mass is 16.2. The highest BCUT2D eigenvalue weighted by molar-refractivity contribution is 5.98. The van der Waals surface area contributed by atoms with E-state index in [1.54, 1.807) is 0 Å². The molecule has 2 aliphatic heterocycles. The second-order valence-electron chi connectivity index (χ2n) is 10.2. The number of carbonyl (C=O) groups excluding carboxylic acids is 1. The second-order valence-corrected chi connectivity index (χ2v) is 10.2. The first kappa shape index (κ1) is 23.5. The van der Waals surface area contributed by atoms with Crippen LogP contribution in [-0.2, 0) is 13.1 Å². The van der Waals surface area contributed by atoms with Gasteiger partial charge >= 0.3 is 0 Å². The zero-order valence-electron chi connectivity index (χ0n) is 21.2. The summed E-state index contributed by atoms with van der Waals surface area (Å²) < 4.78 is 0. The van der Waals surface area contributed by atoms with Gasteiger partial charge in [0.05, 0.1) is 12.1 Å². The Labute approximate surface area is 207 Å². The lowest BCUT2D eigenvalue weighted by Gasteiger charge is -2.37. The average molecular weight is 474 g/mol. The maximum atomic E-state index is 13.3. The Balaban J connectivity index is 1.48. The monoisotopic (exact) mass is 473 g/mol. The zero-order valence-corrected chi connectivity index (χ0v) is 21.2. The number of nitrogens with one attached hydrogen (secondary N) is 1. The minimum atomic E-state index is -0.00441. The number of rotatable bonds is 7. The van der Waals surface area contributed by atoms with Gasteiger partial charge in [-0.3, -0.25) is 9.78 Å². The van der Waals surface area contributed by atoms with Gasteiger partial charge in [0.25, 0.3) is 5.91 Å². The molecule has 5 rings (SSSR count). The van der Waals surface area contributed by atoms with Crippen molar-refractivity contribution in [1.82, 2.24) is 24.8 Å². The molecule has 184 valence electrons. The van der Waals surface area contributed by atoms with Gasteiger partial charge in [-0.05, 0) is 64.9 Å². The predicted molar refractivity (Wildman–Crippen MR) is 140 cm³/mol. The Bertz CT molecular complexity index is 1230. The highest BCUT2D eigenvalue weighted by Crippen LogP contribution is 2.32. The fourth-order valence-electron chi connectivity index (χ4n) is 5.14. The van der Waals surface area contributed by atoms with Crippen LogP contribution in [0.15, 0.2) is 36.5 Å². The van der Waals surface area contributed by atoms with E-state index < -0.39 is 0 Å². The second kappa shape index (κ2) is 9.77. The number of amides is 1. The van der Waals surface area contributed by atoms with Crippen molar-refractivity contribution in [3.05, 3.63) is 53.3 Å². The van der Waals surface area contributed by atoms with E-state index in [2.05, 4.69) is 46.3 Å². The number of likely N-dealkylation sites (N-methyl/N-ethyl adjacent to an activating group) is 1. The number of fused-ring (bicyclic) bond motifs is 2. The molecular weight excluding hydrogens is 438 g/mol. The standard InChI is InChI=1S/C27H35N7O/c1-18(2)34-17-22-24(26(34)35)30-27(33-12-8-7-10-21(33)16-32(3)4)31-25(22)29-15-19-13-20-9-5-6-11-23(20)28-14-19/h5-6,9,11,13-14,18,21H,7-8,10,12,15-17H2,1-4H3,(H,29,30,31). The Kier molecular flexibility index (Phi) is 6.56. The van der Waals surface area contributed by atoms with E-state index in [1.165, 1.54) is 6.42 Å². The van der Waals surface area contributed by atoms with Crippen molar-refractivity contribution in [2.24, 2.45) is 0 Å². The van der Waals surface area contributed by atoms with Crippen LogP contribution in [0.5, 0.6) is 0 Å². The molecule has 1 amide bonds. The number of pyridine rings is 1. The summed E-state index contributed by atoms with van der Waals surface area (Å²) in [6, 6.07) is 10.7. The molecule has 1 fully saturated rings. The first-order chi connectivity index (χ1) is 16.9. The molecule has 35 heavy (non-hydrogen) atoms.